The molecule has 2 atom stereocenters. The molecule has 0 spiro atoms. The van der Waals surface area contributed by atoms with Gasteiger partial charge < -0.3 is 9.47 Å². The number of amides is 1. The Balaban J connectivity index is 1.46. The van der Waals surface area contributed by atoms with Crippen LogP contribution in [0.2, 0.25) is 0 Å². The minimum Gasteiger partial charge on any atom is -0.337 e. The van der Waals surface area contributed by atoms with Gasteiger partial charge in [-0.15, -0.1) is 0 Å². The first kappa shape index (κ1) is 28.7. The SMILES string of the molecule is Cc1cccc(S(=O)(=O)N[C@@H]2CCCc3ccc(N(Cc4nccn4C)C(=O)C[C@@H](C)c4ccc(F)cc4)cc32)c1. The monoisotopic (exact) mass is 574 g/mol. The van der Waals surface area contributed by atoms with E-state index in [1.807, 2.05) is 55.9 Å². The van der Waals surface area contributed by atoms with Crippen molar-refractivity contribution < 1.29 is 17.6 Å². The molecular weight excluding hydrogens is 539 g/mol. The molecule has 214 valence electrons. The molecule has 1 aromatic heterocycles. The van der Waals surface area contributed by atoms with Crippen LogP contribution in [0.3, 0.4) is 0 Å². The highest BCUT2D eigenvalue weighted by atomic mass is 32.2. The van der Waals surface area contributed by atoms with Crippen LogP contribution in [0.25, 0.3) is 0 Å². The summed E-state index contributed by atoms with van der Waals surface area (Å²) in [5, 5.41) is 0. The summed E-state index contributed by atoms with van der Waals surface area (Å²) in [4.78, 5) is 20.2. The molecule has 1 N–H and O–H groups in total. The fourth-order valence-electron chi connectivity index (χ4n) is 5.41. The van der Waals surface area contributed by atoms with Gasteiger partial charge in [0.1, 0.15) is 11.6 Å². The highest BCUT2D eigenvalue weighted by Gasteiger charge is 2.28. The van der Waals surface area contributed by atoms with Gasteiger partial charge in [0.05, 0.1) is 11.4 Å². The Labute approximate surface area is 241 Å². The van der Waals surface area contributed by atoms with E-state index in [4.69, 9.17) is 0 Å². The molecule has 7 nitrogen and oxygen atoms in total. The number of aryl methyl sites for hydroxylation is 3. The first-order chi connectivity index (χ1) is 19.6. The second-order valence-corrected chi connectivity index (χ2v) is 12.6. The average Bonchev–Trinajstić information content (AvgIpc) is 3.36. The van der Waals surface area contributed by atoms with Crippen molar-refractivity contribution in [3.63, 3.8) is 0 Å². The van der Waals surface area contributed by atoms with E-state index in [0.29, 0.717) is 12.1 Å². The predicted molar refractivity (Wildman–Crippen MR) is 157 cm³/mol. The summed E-state index contributed by atoms with van der Waals surface area (Å²) in [6.45, 7) is 4.08. The van der Waals surface area contributed by atoms with Crippen LogP contribution in [0.1, 0.15) is 66.2 Å². The molecule has 1 aliphatic carbocycles. The van der Waals surface area contributed by atoms with Crippen LogP contribution in [0, 0.1) is 12.7 Å². The Morgan fingerprint density at radius 2 is 1.93 bits per heavy atom. The fraction of sp³-hybridized carbons (Fsp3) is 0.312. The van der Waals surface area contributed by atoms with Crippen molar-refractivity contribution in [1.82, 2.24) is 14.3 Å². The number of nitrogens with one attached hydrogen (secondary N) is 1. The summed E-state index contributed by atoms with van der Waals surface area (Å²) in [5.74, 6) is 0.184. The topological polar surface area (TPSA) is 84.3 Å². The normalized spacial score (nSPS) is 15.8. The van der Waals surface area contributed by atoms with Crippen LogP contribution in [0.5, 0.6) is 0 Å². The first-order valence-electron chi connectivity index (χ1n) is 13.8. The number of anilines is 1. The van der Waals surface area contributed by atoms with Gasteiger partial charge in [-0.05, 0) is 90.8 Å². The summed E-state index contributed by atoms with van der Waals surface area (Å²) < 4.78 is 44.9. The lowest BCUT2D eigenvalue weighted by Crippen LogP contribution is -2.34. The molecule has 0 fully saturated rings. The molecule has 5 rings (SSSR count). The second kappa shape index (κ2) is 12.0. The summed E-state index contributed by atoms with van der Waals surface area (Å²) in [5.41, 5.74) is 4.39. The molecule has 4 aromatic rings. The molecule has 3 aromatic carbocycles. The average molecular weight is 575 g/mol. The molecule has 1 heterocycles. The van der Waals surface area contributed by atoms with Gasteiger partial charge in [0.2, 0.25) is 15.9 Å². The Hall–Kier alpha value is -3.82. The number of sulfonamides is 1. The standard InChI is InChI=1S/C32H35FN4O3S/c1-22-6-4-8-28(18-22)41(39,40)35-30-9-5-7-25-12-15-27(20-29(25)30)37(21-31-34-16-17-36(31)3)32(38)19-23(2)24-10-13-26(33)14-11-24/h4,6,8,10-18,20,23,30,35H,5,7,9,19,21H2,1-3H3/t23-,30-/m1/s1. The van der Waals surface area contributed by atoms with Crippen LogP contribution < -0.4 is 9.62 Å². The third-order valence-corrected chi connectivity index (χ3v) is 9.26. The highest BCUT2D eigenvalue weighted by molar-refractivity contribution is 7.89. The third-order valence-electron chi connectivity index (χ3n) is 7.79. The number of rotatable bonds is 9. The lowest BCUT2D eigenvalue weighted by Gasteiger charge is -2.30. The van der Waals surface area contributed by atoms with Gasteiger partial charge in [-0.1, -0.05) is 37.3 Å². The lowest BCUT2D eigenvalue weighted by molar-refractivity contribution is -0.119. The van der Waals surface area contributed by atoms with E-state index < -0.39 is 16.1 Å². The number of hydrogen-bond acceptors (Lipinski definition) is 4. The van der Waals surface area contributed by atoms with Crippen LogP contribution in [0.4, 0.5) is 10.1 Å². The van der Waals surface area contributed by atoms with Gasteiger partial charge in [-0.3, -0.25) is 4.79 Å². The number of imidazole rings is 1. The van der Waals surface area contributed by atoms with Crippen molar-refractivity contribution in [2.24, 2.45) is 7.05 Å². The van der Waals surface area contributed by atoms with Crippen molar-refractivity contribution in [2.75, 3.05) is 4.90 Å². The van der Waals surface area contributed by atoms with E-state index in [0.717, 1.165) is 40.9 Å². The van der Waals surface area contributed by atoms with Gasteiger partial charge in [-0.25, -0.2) is 22.5 Å². The molecule has 0 unspecified atom stereocenters. The number of carbonyl (C=O) groups is 1. The molecule has 0 radical (unpaired) electrons. The Morgan fingerprint density at radius 3 is 2.63 bits per heavy atom. The number of aromatic nitrogens is 2. The summed E-state index contributed by atoms with van der Waals surface area (Å²) in [6, 6.07) is 18.6. The van der Waals surface area contributed by atoms with Crippen molar-refractivity contribution >= 4 is 21.6 Å². The Morgan fingerprint density at radius 1 is 1.15 bits per heavy atom. The van der Waals surface area contributed by atoms with Gasteiger partial charge in [0, 0.05) is 37.6 Å². The molecule has 1 aliphatic rings. The quantitative estimate of drug-likeness (QED) is 0.268. The van der Waals surface area contributed by atoms with E-state index in [2.05, 4.69) is 9.71 Å². The van der Waals surface area contributed by atoms with Gasteiger partial charge in [-0.2, -0.15) is 0 Å². The second-order valence-electron chi connectivity index (χ2n) is 10.9. The van der Waals surface area contributed by atoms with Crippen molar-refractivity contribution in [3.8, 4) is 0 Å². The molecule has 0 aliphatic heterocycles. The van der Waals surface area contributed by atoms with E-state index in [-0.39, 0.29) is 35.5 Å². The molecule has 9 heteroatoms. The summed E-state index contributed by atoms with van der Waals surface area (Å²) >= 11 is 0. The molecule has 41 heavy (non-hydrogen) atoms. The maximum absolute atomic E-state index is 13.8. The maximum atomic E-state index is 13.8. The zero-order chi connectivity index (χ0) is 29.1. The Kier molecular flexibility index (Phi) is 8.37. The van der Waals surface area contributed by atoms with E-state index in [1.165, 1.54) is 12.1 Å². The highest BCUT2D eigenvalue weighted by Crippen LogP contribution is 2.35. The number of carbonyl (C=O) groups excluding carboxylic acids is 1. The third kappa shape index (κ3) is 6.57. The smallest absolute Gasteiger partial charge is 0.241 e. The molecule has 0 bridgehead atoms. The van der Waals surface area contributed by atoms with Crippen molar-refractivity contribution in [3.05, 3.63) is 113 Å². The molecule has 1 amide bonds. The van der Waals surface area contributed by atoms with Gasteiger partial charge in [0.25, 0.3) is 0 Å². The number of hydrogen-bond donors (Lipinski definition) is 1. The number of halogens is 1. The van der Waals surface area contributed by atoms with Crippen molar-refractivity contribution in [2.45, 2.75) is 62.9 Å². The lowest BCUT2D eigenvalue weighted by atomic mass is 9.87. The molecule has 0 saturated carbocycles. The van der Waals surface area contributed by atoms with Crippen LogP contribution in [0.15, 0.2) is 84.0 Å². The van der Waals surface area contributed by atoms with E-state index in [1.54, 1.807) is 41.4 Å². The van der Waals surface area contributed by atoms with Crippen LogP contribution in [-0.4, -0.2) is 23.9 Å². The minimum absolute atomic E-state index is 0.0996. The van der Waals surface area contributed by atoms with E-state index in [9.17, 15) is 17.6 Å². The zero-order valence-electron chi connectivity index (χ0n) is 23.5. The Bertz CT molecular complexity index is 1650. The van der Waals surface area contributed by atoms with Crippen LogP contribution >= 0.6 is 0 Å². The van der Waals surface area contributed by atoms with Crippen molar-refractivity contribution in [1.29, 1.82) is 0 Å². The number of benzene rings is 3. The maximum Gasteiger partial charge on any atom is 0.241 e. The first-order valence-corrected chi connectivity index (χ1v) is 15.3. The molecular formula is C32H35FN4O3S. The number of nitrogens with zero attached hydrogens (tertiary/aromatic N) is 3. The fourth-order valence-corrected chi connectivity index (χ4v) is 6.76. The van der Waals surface area contributed by atoms with E-state index >= 15 is 0 Å². The summed E-state index contributed by atoms with van der Waals surface area (Å²) in [6.07, 6.45) is 6.11. The predicted octanol–water partition coefficient (Wildman–Crippen LogP) is 5.95. The minimum atomic E-state index is -3.74. The number of fused-ring (bicyclic) bond motifs is 1. The molecule has 0 saturated heterocycles. The zero-order valence-corrected chi connectivity index (χ0v) is 24.4. The summed E-state index contributed by atoms with van der Waals surface area (Å²) in [7, 11) is -1.86. The largest absolute Gasteiger partial charge is 0.337 e. The van der Waals surface area contributed by atoms with Crippen LogP contribution in [-0.2, 0) is 34.8 Å². The van der Waals surface area contributed by atoms with Gasteiger partial charge in [0.15, 0.2) is 0 Å². The van der Waals surface area contributed by atoms with Gasteiger partial charge >= 0.3 is 0 Å².